The van der Waals surface area contributed by atoms with E-state index in [9.17, 15) is 4.79 Å². The molecule has 16 heavy (non-hydrogen) atoms. The minimum atomic E-state index is -0.0539. The van der Waals surface area contributed by atoms with Crippen LogP contribution in [0.2, 0.25) is 0 Å². The van der Waals surface area contributed by atoms with Crippen molar-refractivity contribution >= 4 is 15.9 Å². The first-order chi connectivity index (χ1) is 7.58. The van der Waals surface area contributed by atoms with Crippen LogP contribution in [0.1, 0.15) is 18.7 Å². The number of hydrogen-bond acceptors (Lipinski definition) is 2. The highest BCUT2D eigenvalue weighted by Crippen LogP contribution is 2.14. The molecule has 0 saturated carbocycles. The van der Waals surface area contributed by atoms with Gasteiger partial charge in [-0.1, -0.05) is 15.9 Å². The molecule has 0 aliphatic heterocycles. The topological polar surface area (TPSA) is 39.8 Å². The summed E-state index contributed by atoms with van der Waals surface area (Å²) in [6.07, 6.45) is 3.64. The summed E-state index contributed by atoms with van der Waals surface area (Å²) < 4.78 is 4.19. The van der Waals surface area contributed by atoms with E-state index in [1.54, 1.807) is 21.5 Å². The molecule has 2 rings (SSSR count). The molecule has 2 aromatic heterocycles. The first-order valence-electron chi connectivity index (χ1n) is 4.95. The molecule has 0 radical (unpaired) electrons. The lowest BCUT2D eigenvalue weighted by Crippen LogP contribution is -2.22. The molecular formula is C11H12BrN3O. The molecule has 2 aromatic rings. The maximum Gasteiger partial charge on any atom is 0.252 e. The van der Waals surface area contributed by atoms with Crippen LogP contribution in [0.4, 0.5) is 0 Å². The van der Waals surface area contributed by atoms with Gasteiger partial charge in [0.1, 0.15) is 0 Å². The number of pyridine rings is 1. The summed E-state index contributed by atoms with van der Waals surface area (Å²) in [5.74, 6) is 0. The molecule has 1 unspecified atom stereocenters. The predicted molar refractivity (Wildman–Crippen MR) is 65.4 cm³/mol. The van der Waals surface area contributed by atoms with Gasteiger partial charge in [-0.3, -0.25) is 9.48 Å². The summed E-state index contributed by atoms with van der Waals surface area (Å²) in [4.78, 5) is 11.8. The third-order valence-corrected chi connectivity index (χ3v) is 2.98. The lowest BCUT2D eigenvalue weighted by atomic mass is 10.2. The number of aryl methyl sites for hydroxylation is 1. The maximum atomic E-state index is 11.8. The largest absolute Gasteiger partial charge is 0.307 e. The van der Waals surface area contributed by atoms with Crippen molar-refractivity contribution in [1.82, 2.24) is 14.3 Å². The van der Waals surface area contributed by atoms with Gasteiger partial charge in [-0.25, -0.2) is 0 Å². The molecule has 4 nitrogen and oxygen atoms in total. The fourth-order valence-corrected chi connectivity index (χ4v) is 1.90. The van der Waals surface area contributed by atoms with Gasteiger partial charge in [0.2, 0.25) is 0 Å². The van der Waals surface area contributed by atoms with Gasteiger partial charge in [-0.15, -0.1) is 0 Å². The lowest BCUT2D eigenvalue weighted by Gasteiger charge is -2.12. The van der Waals surface area contributed by atoms with E-state index < -0.39 is 0 Å². The summed E-state index contributed by atoms with van der Waals surface area (Å²) in [6.45, 7) is 1.96. The minimum absolute atomic E-state index is 0.0347. The van der Waals surface area contributed by atoms with Gasteiger partial charge in [-0.05, 0) is 19.1 Å². The van der Waals surface area contributed by atoms with Crippen LogP contribution in [-0.4, -0.2) is 14.3 Å². The first kappa shape index (κ1) is 11.1. The van der Waals surface area contributed by atoms with Crippen molar-refractivity contribution < 1.29 is 0 Å². The Kier molecular flexibility index (Phi) is 2.96. The zero-order chi connectivity index (χ0) is 11.7. The zero-order valence-corrected chi connectivity index (χ0v) is 10.7. The molecule has 84 valence electrons. The third-order valence-electron chi connectivity index (χ3n) is 2.49. The van der Waals surface area contributed by atoms with Crippen LogP contribution in [0.3, 0.4) is 0 Å². The fourth-order valence-electron chi connectivity index (χ4n) is 1.58. The van der Waals surface area contributed by atoms with Crippen molar-refractivity contribution in [3.8, 4) is 0 Å². The van der Waals surface area contributed by atoms with Gasteiger partial charge in [0.15, 0.2) is 0 Å². The van der Waals surface area contributed by atoms with Crippen molar-refractivity contribution in [2.24, 2.45) is 7.05 Å². The molecule has 1 atom stereocenters. The number of halogens is 1. The van der Waals surface area contributed by atoms with Crippen molar-refractivity contribution in [3.05, 3.63) is 51.1 Å². The molecule has 0 aromatic carbocycles. The Morgan fingerprint density at radius 1 is 1.38 bits per heavy atom. The van der Waals surface area contributed by atoms with E-state index in [2.05, 4.69) is 21.0 Å². The summed E-state index contributed by atoms with van der Waals surface area (Å²) in [7, 11) is 1.86. The highest BCUT2D eigenvalue weighted by molar-refractivity contribution is 9.10. The average Bonchev–Trinajstić information content (AvgIpc) is 2.64. The van der Waals surface area contributed by atoms with Gasteiger partial charge in [0, 0.05) is 30.0 Å². The molecule has 0 aliphatic carbocycles. The normalized spacial score (nSPS) is 12.7. The van der Waals surface area contributed by atoms with E-state index in [0.717, 1.165) is 10.2 Å². The van der Waals surface area contributed by atoms with Crippen molar-refractivity contribution in [2.75, 3.05) is 0 Å². The van der Waals surface area contributed by atoms with E-state index in [1.807, 2.05) is 32.3 Å². The van der Waals surface area contributed by atoms with Crippen molar-refractivity contribution in [3.63, 3.8) is 0 Å². The molecule has 0 amide bonds. The smallest absolute Gasteiger partial charge is 0.252 e. The second-order valence-corrected chi connectivity index (χ2v) is 4.60. The molecule has 0 bridgehead atoms. The van der Waals surface area contributed by atoms with Gasteiger partial charge in [0.05, 0.1) is 11.7 Å². The van der Waals surface area contributed by atoms with Gasteiger partial charge >= 0.3 is 0 Å². The highest BCUT2D eigenvalue weighted by Gasteiger charge is 2.11. The Morgan fingerprint density at radius 3 is 2.69 bits per heavy atom. The number of hydrogen-bond donors (Lipinski definition) is 0. The van der Waals surface area contributed by atoms with Crippen LogP contribution in [0, 0.1) is 0 Å². The van der Waals surface area contributed by atoms with Crippen LogP contribution >= 0.6 is 15.9 Å². The summed E-state index contributed by atoms with van der Waals surface area (Å²) >= 11 is 3.27. The zero-order valence-electron chi connectivity index (χ0n) is 9.09. The van der Waals surface area contributed by atoms with Gasteiger partial charge < -0.3 is 4.57 Å². The maximum absolute atomic E-state index is 11.8. The third kappa shape index (κ3) is 2.09. The van der Waals surface area contributed by atoms with Crippen LogP contribution < -0.4 is 5.56 Å². The van der Waals surface area contributed by atoms with Crippen LogP contribution in [-0.2, 0) is 7.05 Å². The SMILES string of the molecule is CC(c1ccn(C)n1)n1ccc(Br)cc1=O. The van der Waals surface area contributed by atoms with Crippen LogP contribution in [0.25, 0.3) is 0 Å². The Labute approximate surface area is 102 Å². The monoisotopic (exact) mass is 281 g/mol. The highest BCUT2D eigenvalue weighted by atomic mass is 79.9. The van der Waals surface area contributed by atoms with Crippen LogP contribution in [0.15, 0.2) is 39.9 Å². The predicted octanol–water partition coefficient (Wildman–Crippen LogP) is 1.95. The minimum Gasteiger partial charge on any atom is -0.307 e. The lowest BCUT2D eigenvalue weighted by molar-refractivity contribution is 0.582. The Morgan fingerprint density at radius 2 is 2.12 bits per heavy atom. The molecule has 0 N–H and O–H groups in total. The fraction of sp³-hybridized carbons (Fsp3) is 0.273. The van der Waals surface area contributed by atoms with E-state index in [0.29, 0.717) is 0 Å². The van der Waals surface area contributed by atoms with Crippen molar-refractivity contribution in [1.29, 1.82) is 0 Å². The molecule has 5 heteroatoms. The standard InChI is InChI=1S/C11H12BrN3O/c1-8(10-4-5-14(2)13-10)15-6-3-9(12)7-11(15)16/h3-8H,1-2H3. The molecule has 0 saturated heterocycles. The molecule has 0 aliphatic rings. The van der Waals surface area contributed by atoms with Gasteiger partial charge in [-0.2, -0.15) is 5.10 Å². The van der Waals surface area contributed by atoms with E-state index >= 15 is 0 Å². The van der Waals surface area contributed by atoms with E-state index in [-0.39, 0.29) is 11.6 Å². The first-order valence-corrected chi connectivity index (χ1v) is 5.74. The van der Waals surface area contributed by atoms with Gasteiger partial charge in [0.25, 0.3) is 5.56 Å². The Hall–Kier alpha value is -1.36. The summed E-state index contributed by atoms with van der Waals surface area (Å²) in [5, 5.41) is 4.30. The molecule has 0 spiro atoms. The van der Waals surface area contributed by atoms with Crippen molar-refractivity contribution in [2.45, 2.75) is 13.0 Å². The molecule has 0 fully saturated rings. The molecule has 2 heterocycles. The summed E-state index contributed by atoms with van der Waals surface area (Å²) in [6, 6.07) is 5.26. The summed E-state index contributed by atoms with van der Waals surface area (Å²) in [5.41, 5.74) is 0.847. The Balaban J connectivity index is 2.41. The van der Waals surface area contributed by atoms with E-state index in [1.165, 1.54) is 0 Å². The quantitative estimate of drug-likeness (QED) is 0.844. The Bertz CT molecular complexity index is 558. The number of nitrogens with zero attached hydrogens (tertiary/aromatic N) is 3. The van der Waals surface area contributed by atoms with Crippen LogP contribution in [0.5, 0.6) is 0 Å². The number of aromatic nitrogens is 3. The molecular weight excluding hydrogens is 270 g/mol. The second-order valence-electron chi connectivity index (χ2n) is 3.68. The number of rotatable bonds is 2. The second kappa shape index (κ2) is 4.25. The van der Waals surface area contributed by atoms with E-state index in [4.69, 9.17) is 0 Å². The average molecular weight is 282 g/mol.